The fourth-order valence-corrected chi connectivity index (χ4v) is 1.34. The average molecular weight is 204 g/mol. The Morgan fingerprint density at radius 3 is 2.83 bits per heavy atom. The van der Waals surface area contributed by atoms with Crippen LogP contribution in [0.15, 0.2) is 21.9 Å². The first-order chi connectivity index (χ1) is 5.65. The molecule has 0 fully saturated rings. The topological polar surface area (TPSA) is 54.9 Å². The van der Waals surface area contributed by atoms with E-state index in [1.807, 2.05) is 6.92 Å². The van der Waals surface area contributed by atoms with E-state index in [9.17, 15) is 9.59 Å². The summed E-state index contributed by atoms with van der Waals surface area (Å²) in [6, 6.07) is 1.31. The van der Waals surface area contributed by atoms with Crippen LogP contribution in [-0.2, 0) is 0 Å². The van der Waals surface area contributed by atoms with Gasteiger partial charge in [0.25, 0.3) is 5.56 Å². The van der Waals surface area contributed by atoms with Gasteiger partial charge in [0.1, 0.15) is 0 Å². The Morgan fingerprint density at radius 2 is 2.33 bits per heavy atom. The van der Waals surface area contributed by atoms with Crippen LogP contribution in [0.2, 0.25) is 0 Å². The third-order valence-corrected chi connectivity index (χ3v) is 2.84. The molecule has 0 saturated carbocycles. The van der Waals surface area contributed by atoms with E-state index in [0.29, 0.717) is 0 Å². The smallest absolute Gasteiger partial charge is 0.288 e. The van der Waals surface area contributed by atoms with Crippen LogP contribution in [0.4, 0.5) is 0 Å². The van der Waals surface area contributed by atoms with Gasteiger partial charge in [-0.25, -0.2) is 4.79 Å². The average Bonchev–Trinajstić information content (AvgIpc) is 2.03. The van der Waals surface area contributed by atoms with Gasteiger partial charge in [-0.2, -0.15) is 0 Å². The van der Waals surface area contributed by atoms with E-state index in [-0.39, 0.29) is 10.9 Å². The maximum atomic E-state index is 11.1. The van der Waals surface area contributed by atoms with Crippen LogP contribution in [0.3, 0.4) is 0 Å². The third kappa shape index (κ3) is 1.95. The summed E-state index contributed by atoms with van der Waals surface area (Å²) in [5.74, 6) is 0. The summed E-state index contributed by atoms with van der Waals surface area (Å²) in [5, 5.41) is -0.0855. The number of nitrogens with one attached hydrogen (secondary N) is 1. The lowest BCUT2D eigenvalue weighted by molar-refractivity contribution is 0.679. The van der Waals surface area contributed by atoms with Gasteiger partial charge in [0.2, 0.25) is 0 Å². The van der Waals surface area contributed by atoms with Crippen molar-refractivity contribution < 1.29 is 0 Å². The van der Waals surface area contributed by atoms with Crippen molar-refractivity contribution in [2.24, 2.45) is 0 Å². The highest BCUT2D eigenvalue weighted by molar-refractivity contribution is 8.68. The number of rotatable bonds is 2. The Kier molecular flexibility index (Phi) is 3.05. The van der Waals surface area contributed by atoms with Gasteiger partial charge < -0.3 is 0 Å². The maximum Gasteiger partial charge on any atom is 0.329 e. The highest BCUT2D eigenvalue weighted by Crippen LogP contribution is 2.22. The van der Waals surface area contributed by atoms with Gasteiger partial charge in [0, 0.05) is 12.3 Å². The first kappa shape index (κ1) is 9.47. The van der Waals surface area contributed by atoms with Crippen molar-refractivity contribution in [1.29, 1.82) is 0 Å². The second-order valence-electron chi connectivity index (χ2n) is 2.22. The molecule has 0 aliphatic rings. The molecule has 1 aromatic heterocycles. The summed E-state index contributed by atoms with van der Waals surface area (Å²) >= 11 is 3.97. The Morgan fingerprint density at radius 1 is 1.67 bits per heavy atom. The van der Waals surface area contributed by atoms with E-state index in [0.717, 1.165) is 0 Å². The first-order valence-corrected chi connectivity index (χ1v) is 5.20. The predicted molar refractivity (Wildman–Crippen MR) is 52.6 cm³/mol. The normalized spacial score (nSPS) is 12.8. The zero-order chi connectivity index (χ0) is 9.14. The fraction of sp³-hybridized carbons (Fsp3) is 0.333. The number of aromatic nitrogens is 2. The molecule has 12 heavy (non-hydrogen) atoms. The Bertz CT molecular complexity index is 370. The summed E-state index contributed by atoms with van der Waals surface area (Å²) in [4.78, 5) is 23.9. The lowest BCUT2D eigenvalue weighted by Gasteiger charge is -2.09. The van der Waals surface area contributed by atoms with Gasteiger partial charge in [-0.1, -0.05) is 10.8 Å². The summed E-state index contributed by atoms with van der Waals surface area (Å²) in [6.07, 6.45) is 1.45. The quantitative estimate of drug-likeness (QED) is 0.549. The molecule has 0 radical (unpaired) electrons. The Balaban J connectivity index is 3.19. The molecule has 6 heteroatoms. The lowest BCUT2D eigenvalue weighted by Crippen LogP contribution is -2.29. The third-order valence-electron chi connectivity index (χ3n) is 1.40. The largest absolute Gasteiger partial charge is 0.329 e. The molecule has 0 amide bonds. The highest BCUT2D eigenvalue weighted by atomic mass is 33.1. The molecule has 4 nitrogen and oxygen atoms in total. The van der Waals surface area contributed by atoms with Gasteiger partial charge >= 0.3 is 5.69 Å². The monoisotopic (exact) mass is 204 g/mol. The van der Waals surface area contributed by atoms with Crippen molar-refractivity contribution >= 4 is 22.5 Å². The van der Waals surface area contributed by atoms with Crippen molar-refractivity contribution in [3.63, 3.8) is 0 Å². The molecular weight excluding hydrogens is 196 g/mol. The molecule has 66 valence electrons. The Labute approximate surface area is 77.8 Å². The second-order valence-corrected chi connectivity index (χ2v) is 3.75. The lowest BCUT2D eigenvalue weighted by atomic mass is 10.6. The van der Waals surface area contributed by atoms with E-state index in [4.69, 9.17) is 0 Å². The molecule has 1 unspecified atom stereocenters. The number of H-pyrrole nitrogens is 1. The number of hydrogen-bond acceptors (Lipinski definition) is 4. The van der Waals surface area contributed by atoms with E-state index in [1.54, 1.807) is 0 Å². The molecule has 0 bridgehead atoms. The van der Waals surface area contributed by atoms with Crippen molar-refractivity contribution in [1.82, 2.24) is 9.55 Å². The van der Waals surface area contributed by atoms with E-state index < -0.39 is 5.69 Å². The summed E-state index contributed by atoms with van der Waals surface area (Å²) in [6.45, 7) is 1.82. The molecule has 1 atom stereocenters. The fourth-order valence-electron chi connectivity index (χ4n) is 0.764. The van der Waals surface area contributed by atoms with Crippen molar-refractivity contribution in [2.45, 2.75) is 12.3 Å². The standard InChI is InChI=1S/C6H8N2O2S2/c1-4(12-11)8-3-2-5(9)7-6(8)10/h2-4,11H,1H3,(H,7,9,10). The van der Waals surface area contributed by atoms with Gasteiger partial charge in [0.05, 0.1) is 5.37 Å². The number of aromatic amines is 1. The minimum Gasteiger partial charge on any atom is -0.288 e. The highest BCUT2D eigenvalue weighted by Gasteiger charge is 2.03. The van der Waals surface area contributed by atoms with Crippen LogP contribution in [0.25, 0.3) is 0 Å². The summed E-state index contributed by atoms with van der Waals surface area (Å²) in [7, 11) is 1.23. The molecule has 0 spiro atoms. The minimum atomic E-state index is -0.406. The maximum absolute atomic E-state index is 11.1. The van der Waals surface area contributed by atoms with Gasteiger partial charge in [-0.3, -0.25) is 14.3 Å². The first-order valence-electron chi connectivity index (χ1n) is 3.27. The number of hydrogen-bond donors (Lipinski definition) is 2. The van der Waals surface area contributed by atoms with Gasteiger partial charge in [0.15, 0.2) is 0 Å². The zero-order valence-corrected chi connectivity index (χ0v) is 8.06. The Hall–Kier alpha value is -0.620. The molecule has 1 heterocycles. The van der Waals surface area contributed by atoms with Crippen LogP contribution in [0.1, 0.15) is 12.3 Å². The number of nitrogens with zero attached hydrogens (tertiary/aromatic N) is 1. The van der Waals surface area contributed by atoms with Crippen LogP contribution < -0.4 is 11.2 Å². The zero-order valence-electron chi connectivity index (χ0n) is 6.35. The van der Waals surface area contributed by atoms with Gasteiger partial charge in [-0.15, -0.1) is 11.7 Å². The van der Waals surface area contributed by atoms with Crippen LogP contribution in [-0.4, -0.2) is 9.55 Å². The van der Waals surface area contributed by atoms with Gasteiger partial charge in [-0.05, 0) is 6.92 Å². The molecule has 1 N–H and O–H groups in total. The summed E-state index contributed by atoms with van der Waals surface area (Å²) < 4.78 is 1.40. The van der Waals surface area contributed by atoms with E-state index >= 15 is 0 Å². The summed E-state index contributed by atoms with van der Waals surface area (Å²) in [5.41, 5.74) is -0.788. The van der Waals surface area contributed by atoms with Crippen LogP contribution in [0.5, 0.6) is 0 Å². The van der Waals surface area contributed by atoms with Crippen molar-refractivity contribution in [3.05, 3.63) is 33.1 Å². The molecule has 1 aromatic rings. The SMILES string of the molecule is CC(SS)n1ccc(=O)[nH]c1=O. The van der Waals surface area contributed by atoms with E-state index in [2.05, 4.69) is 16.6 Å². The predicted octanol–water partition coefficient (Wildman–Crippen LogP) is 0.633. The second kappa shape index (κ2) is 3.86. The minimum absolute atomic E-state index is 0.0855. The molecule has 0 aliphatic carbocycles. The molecule has 0 aliphatic heterocycles. The van der Waals surface area contributed by atoms with E-state index in [1.165, 1.54) is 27.6 Å². The molecular formula is C6H8N2O2S2. The molecule has 0 aromatic carbocycles. The number of thiol groups is 1. The van der Waals surface area contributed by atoms with Crippen molar-refractivity contribution in [3.8, 4) is 0 Å². The van der Waals surface area contributed by atoms with Crippen LogP contribution >= 0.6 is 22.5 Å². The molecule has 1 rings (SSSR count). The van der Waals surface area contributed by atoms with Crippen LogP contribution in [0, 0.1) is 0 Å². The molecule has 0 saturated heterocycles. The van der Waals surface area contributed by atoms with Crippen molar-refractivity contribution in [2.75, 3.05) is 0 Å².